The van der Waals surface area contributed by atoms with Crippen LogP contribution in [0.2, 0.25) is 25.7 Å². The van der Waals surface area contributed by atoms with Crippen LogP contribution < -0.4 is 10.2 Å². The molecular formula is C24H36F3N5O3Si. The van der Waals surface area contributed by atoms with Crippen LogP contribution in [-0.4, -0.2) is 73.9 Å². The van der Waals surface area contributed by atoms with E-state index in [1.165, 1.54) is 4.68 Å². The monoisotopic (exact) mass is 527 g/mol. The van der Waals surface area contributed by atoms with Crippen molar-refractivity contribution in [2.24, 2.45) is 0 Å². The van der Waals surface area contributed by atoms with Crippen molar-refractivity contribution >= 4 is 24.8 Å². The van der Waals surface area contributed by atoms with E-state index in [-0.39, 0.29) is 36.0 Å². The Labute approximate surface area is 210 Å². The van der Waals surface area contributed by atoms with Gasteiger partial charge in [-0.15, -0.1) is 0 Å². The molecule has 3 aliphatic heterocycles. The smallest absolute Gasteiger partial charge is 0.377 e. The Morgan fingerprint density at radius 2 is 2.03 bits per heavy atom. The lowest BCUT2D eigenvalue weighted by molar-refractivity contribution is -0.140. The van der Waals surface area contributed by atoms with Crippen molar-refractivity contribution in [1.82, 2.24) is 20.1 Å². The van der Waals surface area contributed by atoms with Gasteiger partial charge >= 0.3 is 6.18 Å². The quantitative estimate of drug-likeness (QED) is 0.428. The number of fused-ring (bicyclic) bond motifs is 3. The van der Waals surface area contributed by atoms with Crippen molar-refractivity contribution in [3.63, 3.8) is 0 Å². The lowest BCUT2D eigenvalue weighted by Crippen LogP contribution is -2.45. The number of rotatable bonds is 7. The predicted molar refractivity (Wildman–Crippen MR) is 133 cm³/mol. The SMILES string of the molecule is C[C@@H]1COCCN1c1cc(C2OCC3CCC2N3)nc2c1c(C(F)(F)F)nn2COCC[Si](C)(C)C. The maximum absolute atomic E-state index is 14.3. The molecule has 0 aliphatic carbocycles. The minimum atomic E-state index is -4.63. The molecule has 12 heteroatoms. The number of nitrogens with zero attached hydrogens (tertiary/aromatic N) is 4. The van der Waals surface area contributed by atoms with E-state index >= 15 is 0 Å². The Bertz CT molecular complexity index is 1090. The van der Waals surface area contributed by atoms with Gasteiger partial charge in [0.1, 0.15) is 12.8 Å². The molecule has 5 heterocycles. The first-order valence-electron chi connectivity index (χ1n) is 12.8. The number of hydrogen-bond acceptors (Lipinski definition) is 7. The Kier molecular flexibility index (Phi) is 7.09. The molecule has 2 bridgehead atoms. The first-order valence-corrected chi connectivity index (χ1v) is 16.5. The van der Waals surface area contributed by atoms with Crippen molar-refractivity contribution in [2.75, 3.05) is 37.9 Å². The fourth-order valence-electron chi connectivity index (χ4n) is 5.29. The third-order valence-electron chi connectivity index (χ3n) is 7.27. The minimum absolute atomic E-state index is 0.0156. The van der Waals surface area contributed by atoms with Crippen LogP contribution in [0, 0.1) is 0 Å². The van der Waals surface area contributed by atoms with Crippen LogP contribution in [0.1, 0.15) is 37.3 Å². The fourth-order valence-corrected chi connectivity index (χ4v) is 6.05. The van der Waals surface area contributed by atoms with Gasteiger partial charge < -0.3 is 24.4 Å². The van der Waals surface area contributed by atoms with E-state index in [9.17, 15) is 13.2 Å². The van der Waals surface area contributed by atoms with Crippen LogP contribution in [-0.2, 0) is 27.1 Å². The van der Waals surface area contributed by atoms with Gasteiger partial charge in [-0.3, -0.25) is 0 Å². The molecule has 0 spiro atoms. The molecule has 3 fully saturated rings. The summed E-state index contributed by atoms with van der Waals surface area (Å²) in [4.78, 5) is 6.75. The summed E-state index contributed by atoms with van der Waals surface area (Å²) in [6, 6.07) is 3.03. The standard InChI is InChI=1S/C24H36F3N5O3Si/c1-15-12-33-8-7-31(15)19-11-18(21-17-6-5-16(28-17)13-35-21)29-23-20(19)22(24(25,26)27)30-32(23)14-34-9-10-36(2,3)4/h11,15-17,21,28H,5-10,12-14H2,1-4H3/t15-,16?,17?,21?/m1/s1. The molecule has 0 saturated carbocycles. The number of alkyl halides is 3. The topological polar surface area (TPSA) is 73.7 Å². The highest BCUT2D eigenvalue weighted by molar-refractivity contribution is 6.76. The van der Waals surface area contributed by atoms with Gasteiger partial charge in [-0.2, -0.15) is 18.3 Å². The van der Waals surface area contributed by atoms with Gasteiger partial charge in [0.25, 0.3) is 0 Å². The summed E-state index contributed by atoms with van der Waals surface area (Å²) in [5.74, 6) is 0. The van der Waals surface area contributed by atoms with Gasteiger partial charge in [-0.25, -0.2) is 9.67 Å². The number of aromatic nitrogens is 3. The van der Waals surface area contributed by atoms with E-state index in [1.807, 2.05) is 11.8 Å². The molecule has 3 saturated heterocycles. The Morgan fingerprint density at radius 1 is 1.22 bits per heavy atom. The maximum atomic E-state index is 14.3. The molecule has 36 heavy (non-hydrogen) atoms. The van der Waals surface area contributed by atoms with Gasteiger partial charge in [0, 0.05) is 39.4 Å². The molecule has 3 aliphatic rings. The normalized spacial score (nSPS) is 27.2. The van der Waals surface area contributed by atoms with Gasteiger partial charge in [0.2, 0.25) is 0 Å². The van der Waals surface area contributed by atoms with E-state index in [2.05, 4.69) is 30.1 Å². The summed E-state index contributed by atoms with van der Waals surface area (Å²) in [5.41, 5.74) is 0.370. The van der Waals surface area contributed by atoms with Gasteiger partial charge in [-0.05, 0) is 31.9 Å². The van der Waals surface area contributed by atoms with E-state index in [4.69, 9.17) is 19.2 Å². The van der Waals surface area contributed by atoms with E-state index in [0.717, 1.165) is 18.9 Å². The van der Waals surface area contributed by atoms with Crippen LogP contribution in [0.3, 0.4) is 0 Å². The lowest BCUT2D eigenvalue weighted by atomic mass is 10.0. The van der Waals surface area contributed by atoms with Crippen LogP contribution in [0.25, 0.3) is 11.0 Å². The predicted octanol–water partition coefficient (Wildman–Crippen LogP) is 4.18. The molecule has 5 rings (SSSR count). The molecular weight excluding hydrogens is 491 g/mol. The highest BCUT2D eigenvalue weighted by atomic mass is 28.3. The zero-order chi connectivity index (χ0) is 25.7. The summed E-state index contributed by atoms with van der Waals surface area (Å²) >= 11 is 0. The van der Waals surface area contributed by atoms with Crippen molar-refractivity contribution in [3.8, 4) is 0 Å². The molecule has 0 amide bonds. The number of anilines is 1. The third-order valence-corrected chi connectivity index (χ3v) is 8.97. The van der Waals surface area contributed by atoms with E-state index in [1.54, 1.807) is 6.07 Å². The fraction of sp³-hybridized carbons (Fsp3) is 0.750. The van der Waals surface area contributed by atoms with Crippen LogP contribution in [0.5, 0.6) is 0 Å². The lowest BCUT2D eigenvalue weighted by Gasteiger charge is -2.36. The Hall–Kier alpha value is -1.73. The molecule has 0 aromatic carbocycles. The number of nitrogens with one attached hydrogen (secondary N) is 1. The number of ether oxygens (including phenoxy) is 3. The molecule has 8 nitrogen and oxygen atoms in total. The largest absolute Gasteiger partial charge is 0.435 e. The Morgan fingerprint density at radius 3 is 2.75 bits per heavy atom. The Balaban J connectivity index is 1.60. The highest BCUT2D eigenvalue weighted by Gasteiger charge is 2.42. The molecule has 1 N–H and O–H groups in total. The summed E-state index contributed by atoms with van der Waals surface area (Å²) < 4.78 is 61.7. The van der Waals surface area contributed by atoms with Crippen LogP contribution in [0.4, 0.5) is 18.9 Å². The van der Waals surface area contributed by atoms with Crippen molar-refractivity contribution in [2.45, 2.75) is 82.6 Å². The second-order valence-corrected chi connectivity index (χ2v) is 17.0. The summed E-state index contributed by atoms with van der Waals surface area (Å²) in [6.45, 7) is 11.0. The summed E-state index contributed by atoms with van der Waals surface area (Å²) in [5, 5.41) is 7.60. The molecule has 2 aromatic heterocycles. The van der Waals surface area contributed by atoms with Crippen molar-refractivity contribution < 1.29 is 27.4 Å². The number of hydrogen-bond donors (Lipinski definition) is 1. The number of halogens is 3. The van der Waals surface area contributed by atoms with Crippen LogP contribution >= 0.6 is 0 Å². The zero-order valence-corrected chi connectivity index (χ0v) is 22.4. The van der Waals surface area contributed by atoms with Gasteiger partial charge in [0.15, 0.2) is 11.3 Å². The first kappa shape index (κ1) is 25.9. The molecule has 3 unspecified atom stereocenters. The first-order chi connectivity index (χ1) is 17.0. The summed E-state index contributed by atoms with van der Waals surface area (Å²) in [7, 11) is -1.34. The summed E-state index contributed by atoms with van der Waals surface area (Å²) in [6.07, 6.45) is -2.98. The van der Waals surface area contributed by atoms with Crippen molar-refractivity contribution in [1.29, 1.82) is 0 Å². The second-order valence-electron chi connectivity index (χ2n) is 11.4. The molecule has 0 radical (unpaired) electrons. The van der Waals surface area contributed by atoms with Gasteiger partial charge in [-0.1, -0.05) is 19.6 Å². The van der Waals surface area contributed by atoms with Crippen LogP contribution in [0.15, 0.2) is 6.07 Å². The highest BCUT2D eigenvalue weighted by Crippen LogP contribution is 2.42. The van der Waals surface area contributed by atoms with Crippen molar-refractivity contribution in [3.05, 3.63) is 17.5 Å². The number of pyridine rings is 1. The average Bonchev–Trinajstić information content (AvgIpc) is 3.37. The third kappa shape index (κ3) is 5.28. The molecule has 200 valence electrons. The molecule has 4 atom stereocenters. The maximum Gasteiger partial charge on any atom is 0.435 e. The van der Waals surface area contributed by atoms with E-state index in [0.29, 0.717) is 50.4 Å². The number of morpholine rings is 2. The minimum Gasteiger partial charge on any atom is -0.377 e. The zero-order valence-electron chi connectivity index (χ0n) is 21.4. The average molecular weight is 528 g/mol. The van der Waals surface area contributed by atoms with Gasteiger partial charge in [0.05, 0.1) is 36.6 Å². The second kappa shape index (κ2) is 9.86. The molecule has 2 aromatic rings. The van der Waals surface area contributed by atoms with E-state index < -0.39 is 19.9 Å².